The van der Waals surface area contributed by atoms with E-state index in [1.54, 1.807) is 37.3 Å². The predicted octanol–water partition coefficient (Wildman–Crippen LogP) is 2.58. The number of piperidine rings is 1. The van der Waals surface area contributed by atoms with Gasteiger partial charge in [-0.15, -0.1) is 0 Å². The molecule has 3 heterocycles. The van der Waals surface area contributed by atoms with Crippen LogP contribution in [0, 0.1) is 6.92 Å². The van der Waals surface area contributed by atoms with Crippen LogP contribution >= 0.6 is 0 Å². The number of aryl methyl sites for hydroxylation is 1. The van der Waals surface area contributed by atoms with Gasteiger partial charge in [-0.1, -0.05) is 12.1 Å². The molecule has 8 heteroatoms. The summed E-state index contributed by atoms with van der Waals surface area (Å²) in [6.07, 6.45) is 1.52. The van der Waals surface area contributed by atoms with Gasteiger partial charge < -0.3 is 19.7 Å². The molecule has 0 saturated carbocycles. The fraction of sp³-hybridized carbons (Fsp3) is 0.429. The first-order valence-corrected chi connectivity index (χ1v) is 9.75. The Kier molecular flexibility index (Phi) is 5.29. The van der Waals surface area contributed by atoms with Crippen molar-refractivity contribution in [2.24, 2.45) is 0 Å². The molecular formula is C21H24N4O4. The second-order valence-corrected chi connectivity index (χ2v) is 7.34. The van der Waals surface area contributed by atoms with Crippen LogP contribution < -0.4 is 10.2 Å². The molecule has 0 radical (unpaired) electrons. The van der Waals surface area contributed by atoms with Crippen LogP contribution in [0.1, 0.15) is 46.4 Å². The molecule has 0 aliphatic carbocycles. The number of anilines is 2. The molecule has 1 spiro atoms. The molecular weight excluding hydrogens is 372 g/mol. The Hall–Kier alpha value is -2.84. The van der Waals surface area contributed by atoms with Crippen molar-refractivity contribution in [2.45, 2.75) is 32.5 Å². The monoisotopic (exact) mass is 396 g/mol. The number of rotatable bonds is 4. The first-order chi connectivity index (χ1) is 13.9. The van der Waals surface area contributed by atoms with E-state index in [2.05, 4.69) is 20.2 Å². The molecule has 2 aliphatic rings. The summed E-state index contributed by atoms with van der Waals surface area (Å²) < 4.78 is 11.5. The van der Waals surface area contributed by atoms with E-state index in [4.69, 9.17) is 9.47 Å². The van der Waals surface area contributed by atoms with Crippen molar-refractivity contribution >= 4 is 23.2 Å². The Morgan fingerprint density at radius 2 is 1.83 bits per heavy atom. The number of amides is 1. The van der Waals surface area contributed by atoms with Crippen molar-refractivity contribution in [2.75, 3.05) is 36.5 Å². The van der Waals surface area contributed by atoms with Crippen LogP contribution in [0.25, 0.3) is 0 Å². The molecule has 2 aromatic rings. The maximum atomic E-state index is 12.7. The zero-order chi connectivity index (χ0) is 20.4. The minimum Gasteiger partial charge on any atom is -0.356 e. The van der Waals surface area contributed by atoms with Gasteiger partial charge in [-0.2, -0.15) is 0 Å². The molecule has 1 amide bonds. The summed E-state index contributed by atoms with van der Waals surface area (Å²) >= 11 is 0. The number of Topliss-reactive ketones (excluding diaryl/α,β-unsaturated/α-hetero) is 1. The summed E-state index contributed by atoms with van der Waals surface area (Å²) in [7, 11) is 0. The van der Waals surface area contributed by atoms with Gasteiger partial charge in [0.05, 0.1) is 13.2 Å². The van der Waals surface area contributed by atoms with Crippen LogP contribution in [0.5, 0.6) is 0 Å². The summed E-state index contributed by atoms with van der Waals surface area (Å²) in [5, 5.41) is 2.81. The molecule has 0 unspecified atom stereocenters. The van der Waals surface area contributed by atoms with Crippen molar-refractivity contribution in [1.82, 2.24) is 9.97 Å². The van der Waals surface area contributed by atoms with Crippen LogP contribution in [0.15, 0.2) is 30.3 Å². The molecule has 0 atom stereocenters. The maximum absolute atomic E-state index is 12.7. The second-order valence-electron chi connectivity index (χ2n) is 7.34. The van der Waals surface area contributed by atoms with Gasteiger partial charge in [0.15, 0.2) is 11.6 Å². The molecule has 1 aromatic heterocycles. The highest BCUT2D eigenvalue weighted by molar-refractivity contribution is 6.04. The molecule has 29 heavy (non-hydrogen) atoms. The van der Waals surface area contributed by atoms with Gasteiger partial charge in [0.2, 0.25) is 0 Å². The number of benzene rings is 1. The van der Waals surface area contributed by atoms with Gasteiger partial charge in [-0.3, -0.25) is 9.59 Å². The normalized spacial score (nSPS) is 18.1. The molecule has 1 aromatic carbocycles. The Morgan fingerprint density at radius 1 is 1.10 bits per heavy atom. The van der Waals surface area contributed by atoms with Gasteiger partial charge in [0.25, 0.3) is 5.91 Å². The molecule has 152 valence electrons. The van der Waals surface area contributed by atoms with E-state index in [0.717, 1.165) is 25.9 Å². The van der Waals surface area contributed by atoms with Crippen molar-refractivity contribution in [3.63, 3.8) is 0 Å². The van der Waals surface area contributed by atoms with E-state index >= 15 is 0 Å². The largest absolute Gasteiger partial charge is 0.356 e. The fourth-order valence-electron chi connectivity index (χ4n) is 3.70. The summed E-state index contributed by atoms with van der Waals surface area (Å²) in [5.74, 6) is 0.389. The second kappa shape index (κ2) is 7.88. The minimum atomic E-state index is -0.458. The lowest BCUT2D eigenvalue weighted by atomic mass is 10.0. The lowest BCUT2D eigenvalue weighted by Gasteiger charge is -2.38. The third kappa shape index (κ3) is 4.28. The Balaban J connectivity index is 1.49. The standard InChI is InChI=1S/C21H24N4O4/c1-14(26)16-4-3-5-17(12-16)24-20(27)18-13-19(23-15(2)22-18)25-8-6-21(7-9-25)28-10-11-29-21/h3-5,12-13H,6-11H2,1-2H3,(H,24,27). The highest BCUT2D eigenvalue weighted by Crippen LogP contribution is 2.32. The zero-order valence-electron chi connectivity index (χ0n) is 16.6. The molecule has 4 rings (SSSR count). The summed E-state index contributed by atoms with van der Waals surface area (Å²) in [6.45, 7) is 6.01. The average Bonchev–Trinajstić information content (AvgIpc) is 3.16. The van der Waals surface area contributed by atoms with E-state index in [1.165, 1.54) is 6.92 Å². The Morgan fingerprint density at radius 3 is 2.52 bits per heavy atom. The highest BCUT2D eigenvalue weighted by atomic mass is 16.7. The number of nitrogens with zero attached hydrogens (tertiary/aromatic N) is 3. The first kappa shape index (κ1) is 19.5. The van der Waals surface area contributed by atoms with Gasteiger partial charge in [-0.25, -0.2) is 9.97 Å². The van der Waals surface area contributed by atoms with E-state index in [9.17, 15) is 9.59 Å². The summed E-state index contributed by atoms with van der Waals surface area (Å²) in [4.78, 5) is 35.2. The Bertz CT molecular complexity index is 930. The van der Waals surface area contributed by atoms with Crippen LogP contribution in [-0.4, -0.2) is 53.7 Å². The van der Waals surface area contributed by atoms with E-state index in [0.29, 0.717) is 36.1 Å². The summed E-state index contributed by atoms with van der Waals surface area (Å²) in [6, 6.07) is 8.54. The zero-order valence-corrected chi connectivity index (χ0v) is 16.6. The molecule has 2 aliphatic heterocycles. The minimum absolute atomic E-state index is 0.0562. The Labute approximate surface area is 169 Å². The smallest absolute Gasteiger partial charge is 0.274 e. The summed E-state index contributed by atoms with van der Waals surface area (Å²) in [5.41, 5.74) is 1.38. The number of nitrogens with one attached hydrogen (secondary N) is 1. The van der Waals surface area contributed by atoms with Gasteiger partial charge in [0, 0.05) is 43.2 Å². The SMILES string of the molecule is CC(=O)c1cccc(NC(=O)c2cc(N3CCC4(CC3)OCCO4)nc(C)n2)c1. The van der Waals surface area contributed by atoms with Crippen molar-refractivity contribution in [3.05, 3.63) is 47.4 Å². The third-order valence-corrected chi connectivity index (χ3v) is 5.25. The number of carbonyl (C=O) groups is 2. The molecule has 8 nitrogen and oxygen atoms in total. The van der Waals surface area contributed by atoms with Gasteiger partial charge in [-0.05, 0) is 26.0 Å². The highest BCUT2D eigenvalue weighted by Gasteiger charge is 2.40. The lowest BCUT2D eigenvalue weighted by Crippen LogP contribution is -2.45. The number of carbonyl (C=O) groups excluding carboxylic acids is 2. The number of aromatic nitrogens is 2. The first-order valence-electron chi connectivity index (χ1n) is 9.75. The molecule has 2 saturated heterocycles. The van der Waals surface area contributed by atoms with Crippen molar-refractivity contribution < 1.29 is 19.1 Å². The van der Waals surface area contributed by atoms with Gasteiger partial charge in [0.1, 0.15) is 17.3 Å². The van der Waals surface area contributed by atoms with Crippen molar-refractivity contribution in [1.29, 1.82) is 0 Å². The predicted molar refractivity (Wildman–Crippen MR) is 107 cm³/mol. The van der Waals surface area contributed by atoms with E-state index in [1.807, 2.05) is 0 Å². The quantitative estimate of drug-likeness (QED) is 0.794. The van der Waals surface area contributed by atoms with Crippen LogP contribution in [-0.2, 0) is 9.47 Å². The van der Waals surface area contributed by atoms with Crippen LogP contribution in [0.2, 0.25) is 0 Å². The van der Waals surface area contributed by atoms with Crippen LogP contribution in [0.4, 0.5) is 11.5 Å². The fourth-order valence-corrected chi connectivity index (χ4v) is 3.70. The number of hydrogen-bond donors (Lipinski definition) is 1. The average molecular weight is 396 g/mol. The van der Waals surface area contributed by atoms with Crippen LogP contribution in [0.3, 0.4) is 0 Å². The van der Waals surface area contributed by atoms with Crippen molar-refractivity contribution in [3.8, 4) is 0 Å². The molecule has 1 N–H and O–H groups in total. The lowest BCUT2D eigenvalue weighted by molar-refractivity contribution is -0.169. The topological polar surface area (TPSA) is 93.7 Å². The third-order valence-electron chi connectivity index (χ3n) is 5.25. The molecule has 0 bridgehead atoms. The van der Waals surface area contributed by atoms with E-state index < -0.39 is 5.79 Å². The molecule has 2 fully saturated rings. The maximum Gasteiger partial charge on any atom is 0.274 e. The van der Waals surface area contributed by atoms with E-state index in [-0.39, 0.29) is 17.4 Å². The number of hydrogen-bond acceptors (Lipinski definition) is 7. The number of ketones is 1. The number of ether oxygens (including phenoxy) is 2. The van der Waals surface area contributed by atoms with Gasteiger partial charge >= 0.3 is 0 Å².